The molecule has 0 aromatic carbocycles. The number of aliphatic hydroxyl groups is 3. The Morgan fingerprint density at radius 3 is 2.71 bits per heavy atom. The Bertz CT molecular complexity index is 779. The molecule has 1 aromatic heterocycles. The highest BCUT2D eigenvalue weighted by Gasteiger charge is 2.44. The highest BCUT2D eigenvalue weighted by Crippen LogP contribution is 2.27. The molecule has 3 amide bonds. The van der Waals surface area contributed by atoms with Crippen LogP contribution < -0.4 is 16.0 Å². The Labute approximate surface area is 182 Å². The minimum atomic E-state index is -1.89. The number of aliphatic hydroxyl groups excluding tert-OH is 1. The molecule has 1 aromatic rings. The van der Waals surface area contributed by atoms with Gasteiger partial charge in [-0.1, -0.05) is 6.07 Å². The van der Waals surface area contributed by atoms with E-state index in [9.17, 15) is 24.9 Å². The maximum absolute atomic E-state index is 12.4. The molecule has 0 saturated carbocycles. The number of rotatable bonds is 7. The van der Waals surface area contributed by atoms with Gasteiger partial charge in [-0.25, -0.2) is 9.78 Å². The predicted octanol–water partition coefficient (Wildman–Crippen LogP) is -0.276. The second-order valence-corrected chi connectivity index (χ2v) is 8.36. The molecule has 6 N–H and O–H groups in total. The maximum atomic E-state index is 12.4. The summed E-state index contributed by atoms with van der Waals surface area (Å²) in [6.45, 7) is 3.22. The minimum absolute atomic E-state index is 0.134. The summed E-state index contributed by atoms with van der Waals surface area (Å²) in [6, 6.07) is 2.74. The smallest absolute Gasteiger partial charge is 0.317 e. The standard InChI is InChI=1S/C21H33N5O5/c1-14(27)24-17(19(28)29)21(31)8-12-26(13-9-21)20(30)23-11-3-5-16-7-6-15-4-2-10-22-18(15)25-16/h6-7,17,19,28-29,31H,2-5,8-13H2,1H3,(H,22,25)(H,23,30)(H,24,27)/t17-/m1/s1. The van der Waals surface area contributed by atoms with Crippen LogP contribution in [0.1, 0.15) is 43.9 Å². The van der Waals surface area contributed by atoms with Gasteiger partial charge in [0.05, 0.1) is 5.60 Å². The van der Waals surface area contributed by atoms with Gasteiger partial charge in [0.2, 0.25) is 5.91 Å². The number of aromatic nitrogens is 1. The summed E-state index contributed by atoms with van der Waals surface area (Å²) in [4.78, 5) is 30.0. The second-order valence-electron chi connectivity index (χ2n) is 8.36. The van der Waals surface area contributed by atoms with Gasteiger partial charge < -0.3 is 36.2 Å². The molecule has 2 aliphatic rings. The van der Waals surface area contributed by atoms with Gasteiger partial charge in [-0.2, -0.15) is 0 Å². The quantitative estimate of drug-likeness (QED) is 0.255. The Hall–Kier alpha value is -2.43. The molecule has 10 nitrogen and oxygen atoms in total. The van der Waals surface area contributed by atoms with Crippen LogP contribution in [0.15, 0.2) is 12.1 Å². The molecular weight excluding hydrogens is 402 g/mol. The second kappa shape index (κ2) is 10.3. The topological polar surface area (TPSA) is 147 Å². The number of amides is 3. The number of aryl methyl sites for hydroxylation is 2. The zero-order chi connectivity index (χ0) is 22.4. The molecule has 0 unspecified atom stereocenters. The molecule has 3 rings (SSSR count). The lowest BCUT2D eigenvalue weighted by Gasteiger charge is -2.43. The number of nitrogens with one attached hydrogen (secondary N) is 3. The van der Waals surface area contributed by atoms with E-state index in [1.807, 2.05) is 6.07 Å². The lowest BCUT2D eigenvalue weighted by molar-refractivity contribution is -0.154. The maximum Gasteiger partial charge on any atom is 0.317 e. The van der Waals surface area contributed by atoms with Crippen molar-refractivity contribution in [3.8, 4) is 0 Å². The summed E-state index contributed by atoms with van der Waals surface area (Å²) >= 11 is 0. The van der Waals surface area contributed by atoms with Crippen molar-refractivity contribution in [3.63, 3.8) is 0 Å². The summed E-state index contributed by atoms with van der Waals surface area (Å²) < 4.78 is 0. The van der Waals surface area contributed by atoms with Crippen LogP contribution in [-0.2, 0) is 17.6 Å². The highest BCUT2D eigenvalue weighted by atomic mass is 16.5. The summed E-state index contributed by atoms with van der Waals surface area (Å²) in [5.41, 5.74) is 0.766. The van der Waals surface area contributed by atoms with Crippen molar-refractivity contribution in [1.29, 1.82) is 0 Å². The molecule has 10 heteroatoms. The SMILES string of the molecule is CC(=O)N[C@H](C(O)O)C1(O)CCN(C(=O)NCCCc2ccc3c(n2)NCCC3)CC1. The lowest BCUT2D eigenvalue weighted by Crippen LogP contribution is -2.62. The first-order valence-electron chi connectivity index (χ1n) is 10.9. The third kappa shape index (κ3) is 6.05. The highest BCUT2D eigenvalue weighted by molar-refractivity contribution is 5.74. The number of piperidine rings is 1. The Balaban J connectivity index is 1.41. The molecule has 0 radical (unpaired) electrons. The molecule has 172 valence electrons. The average Bonchev–Trinajstić information content (AvgIpc) is 2.75. The van der Waals surface area contributed by atoms with Crippen molar-refractivity contribution < 1.29 is 24.9 Å². The van der Waals surface area contributed by atoms with E-state index in [2.05, 4.69) is 27.0 Å². The van der Waals surface area contributed by atoms with E-state index in [0.29, 0.717) is 6.54 Å². The molecule has 3 heterocycles. The van der Waals surface area contributed by atoms with Crippen LogP contribution in [0.25, 0.3) is 0 Å². The zero-order valence-electron chi connectivity index (χ0n) is 17.9. The van der Waals surface area contributed by atoms with Crippen molar-refractivity contribution in [2.24, 2.45) is 0 Å². The molecule has 0 bridgehead atoms. The van der Waals surface area contributed by atoms with E-state index in [4.69, 9.17) is 0 Å². The third-order valence-corrected chi connectivity index (χ3v) is 5.99. The fourth-order valence-corrected chi connectivity index (χ4v) is 4.20. The van der Waals surface area contributed by atoms with E-state index < -0.39 is 23.8 Å². The number of urea groups is 1. The monoisotopic (exact) mass is 435 g/mol. The number of carbonyl (C=O) groups is 2. The van der Waals surface area contributed by atoms with Crippen LogP contribution in [0, 0.1) is 0 Å². The molecular formula is C21H33N5O5. The average molecular weight is 436 g/mol. The molecule has 1 atom stereocenters. The first-order valence-corrected chi connectivity index (χ1v) is 10.9. The van der Waals surface area contributed by atoms with Gasteiger partial charge in [0, 0.05) is 38.8 Å². The normalized spacial score (nSPS) is 18.7. The largest absolute Gasteiger partial charge is 0.387 e. The molecule has 2 aliphatic heterocycles. The summed E-state index contributed by atoms with van der Waals surface area (Å²) in [5.74, 6) is 0.509. The summed E-state index contributed by atoms with van der Waals surface area (Å²) in [7, 11) is 0. The van der Waals surface area contributed by atoms with Crippen molar-refractivity contribution in [1.82, 2.24) is 20.5 Å². The Morgan fingerprint density at radius 2 is 2.03 bits per heavy atom. The van der Waals surface area contributed by atoms with Crippen molar-refractivity contribution in [3.05, 3.63) is 23.4 Å². The number of likely N-dealkylation sites (tertiary alicyclic amines) is 1. The van der Waals surface area contributed by atoms with Crippen LogP contribution in [0.3, 0.4) is 0 Å². The molecule has 1 fully saturated rings. The van der Waals surface area contributed by atoms with Crippen LogP contribution in [0.2, 0.25) is 0 Å². The van der Waals surface area contributed by atoms with Crippen LogP contribution in [0.4, 0.5) is 10.6 Å². The van der Waals surface area contributed by atoms with Crippen LogP contribution in [-0.4, -0.2) is 81.3 Å². The molecule has 1 saturated heterocycles. The van der Waals surface area contributed by atoms with Gasteiger partial charge in [0.15, 0.2) is 6.29 Å². The summed E-state index contributed by atoms with van der Waals surface area (Å²) in [6.07, 6.45) is 2.09. The van der Waals surface area contributed by atoms with Gasteiger partial charge in [-0.15, -0.1) is 0 Å². The van der Waals surface area contributed by atoms with E-state index in [1.165, 1.54) is 12.5 Å². The minimum Gasteiger partial charge on any atom is -0.387 e. The van der Waals surface area contributed by atoms with E-state index in [-0.39, 0.29) is 32.0 Å². The number of anilines is 1. The fraction of sp³-hybridized carbons (Fsp3) is 0.667. The first-order chi connectivity index (χ1) is 14.8. The van der Waals surface area contributed by atoms with Crippen molar-refractivity contribution in [2.75, 3.05) is 31.5 Å². The van der Waals surface area contributed by atoms with Crippen molar-refractivity contribution >= 4 is 17.8 Å². The fourth-order valence-electron chi connectivity index (χ4n) is 4.20. The number of nitrogens with zero attached hydrogens (tertiary/aromatic N) is 2. The number of carbonyl (C=O) groups excluding carboxylic acids is 2. The number of fused-ring (bicyclic) bond motifs is 1. The zero-order valence-corrected chi connectivity index (χ0v) is 17.9. The molecule has 0 spiro atoms. The number of hydrogen-bond acceptors (Lipinski definition) is 7. The van der Waals surface area contributed by atoms with E-state index >= 15 is 0 Å². The van der Waals surface area contributed by atoms with Gasteiger partial charge in [0.25, 0.3) is 0 Å². The van der Waals surface area contributed by atoms with Gasteiger partial charge in [-0.05, 0) is 50.2 Å². The van der Waals surface area contributed by atoms with E-state index in [0.717, 1.165) is 43.7 Å². The molecule has 0 aliphatic carbocycles. The Kier molecular flexibility index (Phi) is 7.69. The lowest BCUT2D eigenvalue weighted by atomic mass is 9.83. The van der Waals surface area contributed by atoms with Gasteiger partial charge in [0.1, 0.15) is 11.9 Å². The molecule has 31 heavy (non-hydrogen) atoms. The number of pyridine rings is 1. The predicted molar refractivity (Wildman–Crippen MR) is 114 cm³/mol. The van der Waals surface area contributed by atoms with Gasteiger partial charge in [-0.3, -0.25) is 4.79 Å². The van der Waals surface area contributed by atoms with Gasteiger partial charge >= 0.3 is 6.03 Å². The van der Waals surface area contributed by atoms with Crippen LogP contribution in [0.5, 0.6) is 0 Å². The van der Waals surface area contributed by atoms with Crippen molar-refractivity contribution in [2.45, 2.75) is 63.4 Å². The number of hydrogen-bond donors (Lipinski definition) is 6. The first kappa shape index (κ1) is 23.2. The van der Waals surface area contributed by atoms with E-state index in [1.54, 1.807) is 4.90 Å². The third-order valence-electron chi connectivity index (χ3n) is 5.99. The summed E-state index contributed by atoms with van der Waals surface area (Å²) in [5, 5.41) is 38.4. The Morgan fingerprint density at radius 1 is 1.29 bits per heavy atom. The van der Waals surface area contributed by atoms with Crippen LogP contribution >= 0.6 is 0 Å².